The second-order valence-electron chi connectivity index (χ2n) is 7.21. The van der Waals surface area contributed by atoms with Crippen molar-refractivity contribution in [2.45, 2.75) is 43.0 Å². The lowest BCUT2D eigenvalue weighted by Crippen LogP contribution is -2.46. The molecule has 3 rings (SSSR count). The molecule has 30 heavy (non-hydrogen) atoms. The van der Waals surface area contributed by atoms with Gasteiger partial charge >= 0.3 is 11.8 Å². The van der Waals surface area contributed by atoms with Crippen LogP contribution in [0.5, 0.6) is 0 Å². The van der Waals surface area contributed by atoms with E-state index in [0.717, 1.165) is 25.0 Å². The van der Waals surface area contributed by atoms with Crippen LogP contribution in [-0.4, -0.2) is 50.2 Å². The zero-order valence-electron chi connectivity index (χ0n) is 16.7. The predicted molar refractivity (Wildman–Crippen MR) is 111 cm³/mol. The van der Waals surface area contributed by atoms with Crippen LogP contribution >= 0.6 is 0 Å². The number of nitrogens with zero attached hydrogens (tertiary/aromatic N) is 1. The van der Waals surface area contributed by atoms with E-state index in [0.29, 0.717) is 25.9 Å². The van der Waals surface area contributed by atoms with Gasteiger partial charge in [0, 0.05) is 32.1 Å². The van der Waals surface area contributed by atoms with Crippen molar-refractivity contribution in [2.75, 3.05) is 19.6 Å². The number of rotatable bonds is 8. The van der Waals surface area contributed by atoms with Gasteiger partial charge in [-0.25, -0.2) is 8.42 Å². The molecule has 1 aliphatic heterocycles. The molecular formula is C21H27N3O5S. The number of hydrogen-bond acceptors (Lipinski definition) is 5. The third-order valence-electron chi connectivity index (χ3n) is 5.13. The molecule has 0 aliphatic carbocycles. The van der Waals surface area contributed by atoms with Gasteiger partial charge in [0.2, 0.25) is 10.0 Å². The van der Waals surface area contributed by atoms with Crippen LogP contribution in [0.15, 0.2) is 58.0 Å². The van der Waals surface area contributed by atoms with E-state index in [-0.39, 0.29) is 17.5 Å². The summed E-state index contributed by atoms with van der Waals surface area (Å²) in [4.78, 5) is 24.2. The van der Waals surface area contributed by atoms with E-state index >= 15 is 0 Å². The van der Waals surface area contributed by atoms with E-state index in [2.05, 4.69) is 10.6 Å². The summed E-state index contributed by atoms with van der Waals surface area (Å²) < 4.78 is 32.7. The van der Waals surface area contributed by atoms with Crippen LogP contribution in [0.1, 0.15) is 31.4 Å². The molecule has 2 aromatic rings. The molecule has 0 radical (unpaired) electrons. The third-order valence-corrected chi connectivity index (χ3v) is 7.10. The highest BCUT2D eigenvalue weighted by molar-refractivity contribution is 7.89. The molecule has 1 fully saturated rings. The summed E-state index contributed by atoms with van der Waals surface area (Å²) in [7, 11) is -3.58. The standard InChI is InChI=1S/C21H27N3O5S/c25-20(21(26)23-14-12-18-8-6-16-29-18)22-13-11-17-7-4-5-15-24(17)30(27,28)19-9-2-1-3-10-19/h1-3,6,8-10,16-17H,4-5,7,11-15H2,(H,22,25)(H,23,26)/t17-/m0/s1. The molecule has 1 aromatic heterocycles. The fourth-order valence-corrected chi connectivity index (χ4v) is 5.32. The Bertz CT molecular complexity index is 929. The van der Waals surface area contributed by atoms with Crippen molar-refractivity contribution in [3.05, 3.63) is 54.5 Å². The van der Waals surface area contributed by atoms with Crippen molar-refractivity contribution in [3.8, 4) is 0 Å². The van der Waals surface area contributed by atoms with Gasteiger partial charge in [0.05, 0.1) is 11.2 Å². The van der Waals surface area contributed by atoms with Crippen molar-refractivity contribution >= 4 is 21.8 Å². The molecule has 2 N–H and O–H groups in total. The minimum Gasteiger partial charge on any atom is -0.469 e. The van der Waals surface area contributed by atoms with Gasteiger partial charge in [0.25, 0.3) is 0 Å². The zero-order chi connectivity index (χ0) is 21.4. The van der Waals surface area contributed by atoms with Gasteiger partial charge in [-0.2, -0.15) is 4.31 Å². The van der Waals surface area contributed by atoms with Gasteiger partial charge in [0.1, 0.15) is 5.76 Å². The van der Waals surface area contributed by atoms with E-state index in [4.69, 9.17) is 4.42 Å². The van der Waals surface area contributed by atoms with Crippen LogP contribution in [0, 0.1) is 0 Å². The normalized spacial score (nSPS) is 17.4. The second-order valence-corrected chi connectivity index (χ2v) is 9.10. The summed E-state index contributed by atoms with van der Waals surface area (Å²) >= 11 is 0. The highest BCUT2D eigenvalue weighted by Crippen LogP contribution is 2.26. The first kappa shape index (κ1) is 22.0. The first-order chi connectivity index (χ1) is 14.5. The molecular weight excluding hydrogens is 406 g/mol. The van der Waals surface area contributed by atoms with E-state index in [1.54, 1.807) is 48.7 Å². The van der Waals surface area contributed by atoms with Gasteiger partial charge in [0.15, 0.2) is 0 Å². The molecule has 162 valence electrons. The van der Waals surface area contributed by atoms with Gasteiger partial charge in [-0.05, 0) is 43.5 Å². The van der Waals surface area contributed by atoms with Crippen molar-refractivity contribution in [1.29, 1.82) is 0 Å². The van der Waals surface area contributed by atoms with Gasteiger partial charge in [-0.15, -0.1) is 0 Å². The zero-order valence-corrected chi connectivity index (χ0v) is 17.6. The van der Waals surface area contributed by atoms with Gasteiger partial charge < -0.3 is 15.1 Å². The average molecular weight is 434 g/mol. The second kappa shape index (κ2) is 10.4. The Labute approximate surface area is 176 Å². The Balaban J connectivity index is 1.47. The van der Waals surface area contributed by atoms with Gasteiger partial charge in [-0.1, -0.05) is 24.6 Å². The Morgan fingerprint density at radius 1 is 1.00 bits per heavy atom. The van der Waals surface area contributed by atoms with Gasteiger partial charge in [-0.3, -0.25) is 9.59 Å². The fraction of sp³-hybridized carbons (Fsp3) is 0.429. The number of piperidine rings is 1. The maximum Gasteiger partial charge on any atom is 0.309 e. The maximum absolute atomic E-state index is 13.0. The first-order valence-electron chi connectivity index (χ1n) is 10.1. The van der Waals surface area contributed by atoms with E-state index < -0.39 is 21.8 Å². The molecule has 0 spiro atoms. The molecule has 1 saturated heterocycles. The third kappa shape index (κ3) is 5.70. The van der Waals surface area contributed by atoms with Crippen LogP contribution in [-0.2, 0) is 26.0 Å². The number of furan rings is 1. The van der Waals surface area contributed by atoms with Crippen molar-refractivity contribution < 1.29 is 22.4 Å². The molecule has 1 atom stereocenters. The molecule has 1 aromatic carbocycles. The Morgan fingerprint density at radius 3 is 2.43 bits per heavy atom. The lowest BCUT2D eigenvalue weighted by Gasteiger charge is -2.34. The quantitative estimate of drug-likeness (QED) is 0.616. The molecule has 9 heteroatoms. The lowest BCUT2D eigenvalue weighted by molar-refractivity contribution is -0.139. The van der Waals surface area contributed by atoms with E-state index in [1.807, 2.05) is 0 Å². The fourth-order valence-electron chi connectivity index (χ4n) is 3.57. The summed E-state index contributed by atoms with van der Waals surface area (Å²) in [5.41, 5.74) is 0. The number of benzene rings is 1. The summed E-state index contributed by atoms with van der Waals surface area (Å²) in [6.45, 7) is 0.991. The van der Waals surface area contributed by atoms with Crippen molar-refractivity contribution in [3.63, 3.8) is 0 Å². The summed E-state index contributed by atoms with van der Waals surface area (Å²) in [6, 6.07) is 11.7. The molecule has 0 unspecified atom stereocenters. The number of nitrogens with one attached hydrogen (secondary N) is 2. The molecule has 2 heterocycles. The van der Waals surface area contributed by atoms with Crippen molar-refractivity contribution in [2.24, 2.45) is 0 Å². The Morgan fingerprint density at radius 2 is 1.73 bits per heavy atom. The monoisotopic (exact) mass is 433 g/mol. The molecule has 8 nitrogen and oxygen atoms in total. The topological polar surface area (TPSA) is 109 Å². The van der Waals surface area contributed by atoms with Crippen LogP contribution in [0.3, 0.4) is 0 Å². The highest BCUT2D eigenvalue weighted by atomic mass is 32.2. The van der Waals surface area contributed by atoms with E-state index in [1.165, 1.54) is 4.31 Å². The summed E-state index contributed by atoms with van der Waals surface area (Å²) in [6.07, 6.45) is 4.99. The SMILES string of the molecule is O=C(NCCc1ccco1)C(=O)NCC[C@@H]1CCCCN1S(=O)(=O)c1ccccc1. The minimum atomic E-state index is -3.58. The number of sulfonamides is 1. The maximum atomic E-state index is 13.0. The number of hydrogen-bond donors (Lipinski definition) is 2. The molecule has 0 saturated carbocycles. The smallest absolute Gasteiger partial charge is 0.309 e. The number of carbonyl (C=O) groups excluding carboxylic acids is 2. The average Bonchev–Trinajstić information content (AvgIpc) is 3.28. The number of amides is 2. The highest BCUT2D eigenvalue weighted by Gasteiger charge is 2.33. The molecule has 2 amide bonds. The predicted octanol–water partition coefficient (Wildman–Crippen LogP) is 1.69. The molecule has 1 aliphatic rings. The van der Waals surface area contributed by atoms with E-state index in [9.17, 15) is 18.0 Å². The first-order valence-corrected chi connectivity index (χ1v) is 11.6. The van der Waals surface area contributed by atoms with Crippen LogP contribution in [0.2, 0.25) is 0 Å². The summed E-state index contributed by atoms with van der Waals surface area (Å²) in [5.74, 6) is -0.700. The Kier molecular flexibility index (Phi) is 7.64. The van der Waals surface area contributed by atoms with Crippen LogP contribution < -0.4 is 10.6 Å². The Hall–Kier alpha value is -2.65. The largest absolute Gasteiger partial charge is 0.469 e. The lowest BCUT2D eigenvalue weighted by atomic mass is 10.0. The molecule has 0 bridgehead atoms. The van der Waals surface area contributed by atoms with Crippen molar-refractivity contribution in [1.82, 2.24) is 14.9 Å². The minimum absolute atomic E-state index is 0.203. The van der Waals surface area contributed by atoms with Crippen LogP contribution in [0.4, 0.5) is 0 Å². The summed E-state index contributed by atoms with van der Waals surface area (Å²) in [5, 5.41) is 5.14. The number of carbonyl (C=O) groups is 2. The van der Waals surface area contributed by atoms with Crippen LogP contribution in [0.25, 0.3) is 0 Å².